The molecule has 1 aliphatic heterocycles. The molecule has 1 aliphatic carbocycles. The van der Waals surface area contributed by atoms with Gasteiger partial charge in [-0.15, -0.1) is 0 Å². The molecule has 1 fully saturated rings. The lowest BCUT2D eigenvalue weighted by Gasteiger charge is -2.43. The Bertz CT molecular complexity index is 1430. The molecular weight excluding hydrogens is 583 g/mol. The summed E-state index contributed by atoms with van der Waals surface area (Å²) in [6, 6.07) is 9.46. The van der Waals surface area contributed by atoms with Crippen molar-refractivity contribution in [3.8, 4) is 6.07 Å². The fraction of sp³-hybridized carbons (Fsp3) is 0.600. The summed E-state index contributed by atoms with van der Waals surface area (Å²) in [6.45, 7) is 17.5. The van der Waals surface area contributed by atoms with Crippen molar-refractivity contribution in [3.05, 3.63) is 53.1 Å². The number of imidazole rings is 1. The van der Waals surface area contributed by atoms with Crippen molar-refractivity contribution in [1.29, 1.82) is 5.26 Å². The summed E-state index contributed by atoms with van der Waals surface area (Å²) >= 11 is 0. The first-order valence-electron chi connectivity index (χ1n) is 16.4. The monoisotopic (exact) mass is 633 g/mol. The first-order chi connectivity index (χ1) is 21.1. The Kier molecular flexibility index (Phi) is 11.0. The molecule has 4 rings (SSSR count). The minimum absolute atomic E-state index is 0.0338. The number of nitrogens with one attached hydrogen (secondary N) is 1. The number of hydrogen-bond donors (Lipinski definition) is 1. The number of hydrogen-bond acceptors (Lipinski definition) is 6. The van der Waals surface area contributed by atoms with Gasteiger partial charge in [-0.05, 0) is 108 Å². The van der Waals surface area contributed by atoms with E-state index < -0.39 is 13.7 Å². The minimum Gasteiger partial charge on any atom is -0.444 e. The van der Waals surface area contributed by atoms with Crippen molar-refractivity contribution >= 4 is 31.3 Å². The molecule has 1 N–H and O–H groups in total. The van der Waals surface area contributed by atoms with Crippen LogP contribution in [0.3, 0.4) is 0 Å². The van der Waals surface area contributed by atoms with Gasteiger partial charge < -0.3 is 24.3 Å². The maximum Gasteiger partial charge on any atom is 0.410 e. The van der Waals surface area contributed by atoms with Crippen LogP contribution in [0.1, 0.15) is 107 Å². The number of allylic oxidation sites excluding steroid dienone is 2. The Balaban J connectivity index is 1.56. The zero-order valence-electron chi connectivity index (χ0n) is 28.4. The molecule has 0 saturated carbocycles. The van der Waals surface area contributed by atoms with Gasteiger partial charge in [-0.2, -0.15) is 5.26 Å². The van der Waals surface area contributed by atoms with Gasteiger partial charge >= 0.3 is 6.09 Å². The van der Waals surface area contributed by atoms with Crippen LogP contribution in [-0.2, 0) is 16.2 Å². The maximum atomic E-state index is 13.6. The Morgan fingerprint density at radius 3 is 2.44 bits per heavy atom. The van der Waals surface area contributed by atoms with E-state index in [9.17, 15) is 14.9 Å². The number of amides is 2. The predicted molar refractivity (Wildman–Crippen MR) is 181 cm³/mol. The second kappa shape index (κ2) is 14.3. The van der Waals surface area contributed by atoms with E-state index in [0.29, 0.717) is 6.61 Å². The molecule has 0 bridgehead atoms. The van der Waals surface area contributed by atoms with Crippen LogP contribution >= 0.6 is 0 Å². The Hall–Kier alpha value is -3.42. The molecule has 1 aromatic heterocycles. The first-order valence-corrected chi connectivity index (χ1v) is 20.1. The topological polar surface area (TPSA) is 109 Å². The highest BCUT2D eigenvalue weighted by molar-refractivity contribution is 6.76. The van der Waals surface area contributed by atoms with Crippen molar-refractivity contribution < 1.29 is 19.1 Å². The van der Waals surface area contributed by atoms with Gasteiger partial charge in [0.25, 0.3) is 5.91 Å². The van der Waals surface area contributed by atoms with E-state index in [4.69, 9.17) is 9.47 Å². The van der Waals surface area contributed by atoms with E-state index in [-0.39, 0.29) is 48.3 Å². The summed E-state index contributed by atoms with van der Waals surface area (Å²) in [5, 5.41) is 12.6. The highest BCUT2D eigenvalue weighted by atomic mass is 28.3. The van der Waals surface area contributed by atoms with Gasteiger partial charge in [0.1, 0.15) is 18.4 Å². The molecule has 1 saturated heterocycles. The van der Waals surface area contributed by atoms with Gasteiger partial charge in [0.05, 0.1) is 0 Å². The summed E-state index contributed by atoms with van der Waals surface area (Å²) < 4.78 is 13.2. The average molecular weight is 634 g/mol. The Morgan fingerprint density at radius 2 is 1.84 bits per heavy atom. The standard InChI is InChI=1S/C35H51N5O4Si/c1-24-18-28(19-25(2)40(24)34(42)44-35(3,4)5)27-14-15-31(30(20-27)26-12-10-9-11-13-26)38-33(41)32-37-29(21-36)22-39(32)23-43-16-17-45(6,7)8/h12,14-15,20,22,24-25,28H,9-11,13,16-19,23H2,1-8H3,(H,38,41)/t24-,25+,28?. The Morgan fingerprint density at radius 1 is 1.13 bits per heavy atom. The normalized spacial score (nSPS) is 20.7. The highest BCUT2D eigenvalue weighted by Gasteiger charge is 2.37. The van der Waals surface area contributed by atoms with Crippen molar-refractivity contribution in [3.63, 3.8) is 0 Å². The summed E-state index contributed by atoms with van der Waals surface area (Å²) in [5.41, 5.74) is 3.85. The Labute approximate surface area is 270 Å². The maximum absolute atomic E-state index is 13.6. The van der Waals surface area contributed by atoms with E-state index in [1.807, 2.05) is 31.7 Å². The quantitative estimate of drug-likeness (QED) is 0.220. The number of anilines is 1. The number of rotatable bonds is 9. The lowest BCUT2D eigenvalue weighted by molar-refractivity contribution is -0.00256. The van der Waals surface area contributed by atoms with E-state index in [1.165, 1.54) is 11.1 Å². The lowest BCUT2D eigenvalue weighted by atomic mass is 9.81. The number of aromatic nitrogens is 2. The van der Waals surface area contributed by atoms with Gasteiger partial charge in [-0.3, -0.25) is 4.79 Å². The number of piperidine rings is 1. The highest BCUT2D eigenvalue weighted by Crippen LogP contribution is 2.39. The van der Waals surface area contributed by atoms with Crippen molar-refractivity contribution in [2.24, 2.45) is 0 Å². The van der Waals surface area contributed by atoms with E-state index in [2.05, 4.69) is 68.1 Å². The zero-order chi connectivity index (χ0) is 32.9. The summed E-state index contributed by atoms with van der Waals surface area (Å²) in [6.07, 6.45) is 9.50. The predicted octanol–water partition coefficient (Wildman–Crippen LogP) is 8.17. The fourth-order valence-corrected chi connectivity index (χ4v) is 7.03. The number of nitriles is 1. The van der Waals surface area contributed by atoms with Crippen LogP contribution in [0.2, 0.25) is 25.7 Å². The second-order valence-electron chi connectivity index (χ2n) is 14.9. The fourth-order valence-electron chi connectivity index (χ4n) is 6.27. The first kappa shape index (κ1) is 34.5. The third kappa shape index (κ3) is 9.30. The molecular formula is C35H51N5O4Si. The number of carbonyl (C=O) groups is 2. The largest absolute Gasteiger partial charge is 0.444 e. The van der Waals surface area contributed by atoms with Crippen LogP contribution < -0.4 is 5.32 Å². The average Bonchev–Trinajstić information content (AvgIpc) is 3.37. The van der Waals surface area contributed by atoms with Crippen molar-refractivity contribution in [2.45, 2.75) is 129 Å². The van der Waals surface area contributed by atoms with Crippen LogP contribution in [0, 0.1) is 11.3 Å². The SMILES string of the molecule is C[C@@H]1CC(c2ccc(NC(=O)c3nc(C#N)cn3COCC[Si](C)(C)C)c(C3=CCCCC3)c2)C[C@H](C)N1C(=O)OC(C)(C)C. The molecule has 45 heavy (non-hydrogen) atoms. The van der Waals surface area contributed by atoms with Gasteiger partial charge in [-0.1, -0.05) is 31.8 Å². The molecule has 10 heteroatoms. The molecule has 0 radical (unpaired) electrons. The molecule has 1 unspecified atom stereocenters. The van der Waals surface area contributed by atoms with Gasteiger partial charge in [0.2, 0.25) is 5.82 Å². The van der Waals surface area contributed by atoms with Crippen LogP contribution in [-0.4, -0.2) is 58.8 Å². The number of likely N-dealkylation sites (tertiary alicyclic amines) is 1. The third-order valence-electron chi connectivity index (χ3n) is 8.53. The summed E-state index contributed by atoms with van der Waals surface area (Å²) in [4.78, 5) is 32.8. The van der Waals surface area contributed by atoms with E-state index >= 15 is 0 Å². The number of benzene rings is 1. The zero-order valence-corrected chi connectivity index (χ0v) is 29.4. The van der Waals surface area contributed by atoms with Gasteiger partial charge in [0, 0.05) is 44.2 Å². The van der Waals surface area contributed by atoms with Crippen molar-refractivity contribution in [2.75, 3.05) is 11.9 Å². The molecule has 2 amide bonds. The van der Waals surface area contributed by atoms with Crippen LogP contribution in [0.5, 0.6) is 0 Å². The molecule has 9 nitrogen and oxygen atoms in total. The summed E-state index contributed by atoms with van der Waals surface area (Å²) in [5.74, 6) is 0.0553. The van der Waals surface area contributed by atoms with E-state index in [1.54, 1.807) is 10.8 Å². The minimum atomic E-state index is -1.26. The summed E-state index contributed by atoms with van der Waals surface area (Å²) in [7, 11) is -1.26. The van der Waals surface area contributed by atoms with Gasteiger partial charge in [0.15, 0.2) is 5.69 Å². The molecule has 2 aliphatic rings. The number of ether oxygens (including phenoxy) is 2. The smallest absolute Gasteiger partial charge is 0.410 e. The molecule has 0 spiro atoms. The molecule has 1 aromatic carbocycles. The molecule has 2 aromatic rings. The number of carbonyl (C=O) groups excluding carboxylic acids is 2. The molecule has 3 atom stereocenters. The molecule has 2 heterocycles. The van der Waals surface area contributed by atoms with Gasteiger partial charge in [-0.25, -0.2) is 9.78 Å². The second-order valence-corrected chi connectivity index (χ2v) is 20.5. The molecule has 244 valence electrons. The van der Waals surface area contributed by atoms with Crippen molar-refractivity contribution in [1.82, 2.24) is 14.5 Å². The van der Waals surface area contributed by atoms with E-state index in [0.717, 1.165) is 55.8 Å². The lowest BCUT2D eigenvalue weighted by Crippen LogP contribution is -2.51. The third-order valence-corrected chi connectivity index (χ3v) is 10.2. The van der Waals surface area contributed by atoms with Crippen LogP contribution in [0.25, 0.3) is 5.57 Å². The van der Waals surface area contributed by atoms with Crippen LogP contribution in [0.15, 0.2) is 30.5 Å². The van der Waals surface area contributed by atoms with Crippen LogP contribution in [0.4, 0.5) is 10.5 Å². The number of nitrogens with zero attached hydrogens (tertiary/aromatic N) is 4.